The maximum Gasteiger partial charge on any atom is 0.384 e. The van der Waals surface area contributed by atoms with Crippen LogP contribution in [-0.2, 0) is 15.5 Å². The summed E-state index contributed by atoms with van der Waals surface area (Å²) >= 11 is 0. The number of nitro groups is 1. The topological polar surface area (TPSA) is 61.6 Å². The van der Waals surface area contributed by atoms with Crippen molar-refractivity contribution >= 4 is 15.0 Å². The van der Waals surface area contributed by atoms with E-state index in [1.54, 1.807) is 18.2 Å². The lowest BCUT2D eigenvalue weighted by Gasteiger charge is -2.19. The largest absolute Gasteiger partial charge is 0.393 e. The van der Waals surface area contributed by atoms with Gasteiger partial charge in [0, 0.05) is 12.7 Å². The van der Waals surface area contributed by atoms with E-state index in [9.17, 15) is 10.1 Å². The van der Waals surface area contributed by atoms with Crippen LogP contribution in [0.4, 0.5) is 5.69 Å². The molecule has 6 heteroatoms. The summed E-state index contributed by atoms with van der Waals surface area (Å²) in [5.41, 5.74) is 0.732. The van der Waals surface area contributed by atoms with Crippen LogP contribution in [0.5, 0.6) is 0 Å². The van der Waals surface area contributed by atoms with Crippen molar-refractivity contribution in [3.8, 4) is 0 Å². The Bertz CT molecular complexity index is 393. The van der Waals surface area contributed by atoms with Crippen LogP contribution < -0.4 is 0 Å². The van der Waals surface area contributed by atoms with Crippen LogP contribution in [0.15, 0.2) is 24.3 Å². The van der Waals surface area contributed by atoms with Gasteiger partial charge in [0.25, 0.3) is 5.69 Å². The van der Waals surface area contributed by atoms with Gasteiger partial charge in [0.15, 0.2) is 0 Å². The van der Waals surface area contributed by atoms with E-state index in [1.165, 1.54) is 6.07 Å². The zero-order valence-corrected chi connectivity index (χ0v) is 10.4. The highest BCUT2D eigenvalue weighted by molar-refractivity contribution is 6.44. The second-order valence-corrected chi connectivity index (χ2v) is 5.67. The Morgan fingerprint density at radius 2 is 2.24 bits per heavy atom. The van der Waals surface area contributed by atoms with Crippen LogP contribution in [0, 0.1) is 10.1 Å². The van der Waals surface area contributed by atoms with E-state index in [0.717, 1.165) is 25.5 Å². The van der Waals surface area contributed by atoms with E-state index in [1.807, 2.05) is 0 Å². The molecule has 1 aromatic carbocycles. The molecule has 0 spiro atoms. The number of benzene rings is 1. The van der Waals surface area contributed by atoms with E-state index in [2.05, 4.69) is 0 Å². The average molecular weight is 252 g/mol. The normalized spacial score (nSPS) is 16.9. The standard InChI is InChI=1S/C11H14NO4Si/c13-12(14)11-6-2-1-5-10(11)9-16-17-8-4-3-7-15-17/h1-2,5-6H,3-4,7-9H2. The predicted octanol–water partition coefficient (Wildman–Crippen LogP) is 2.41. The third-order valence-corrected chi connectivity index (χ3v) is 4.37. The lowest BCUT2D eigenvalue weighted by molar-refractivity contribution is -0.385. The van der Waals surface area contributed by atoms with Gasteiger partial charge >= 0.3 is 9.28 Å². The SMILES string of the molecule is O=[N+]([O-])c1ccccc1CO[Si]1CCCCO1. The van der Waals surface area contributed by atoms with E-state index in [0.29, 0.717) is 5.56 Å². The molecule has 2 rings (SSSR count). The highest BCUT2D eigenvalue weighted by Gasteiger charge is 2.21. The van der Waals surface area contributed by atoms with Crippen LogP contribution in [0.1, 0.15) is 18.4 Å². The fraction of sp³-hybridized carbons (Fsp3) is 0.455. The first-order valence-corrected chi connectivity index (χ1v) is 7.13. The molecule has 1 fully saturated rings. The number of hydrogen-bond donors (Lipinski definition) is 0. The molecule has 0 N–H and O–H groups in total. The maximum atomic E-state index is 10.8. The van der Waals surface area contributed by atoms with E-state index < -0.39 is 9.28 Å². The number of nitrogens with zero attached hydrogens (tertiary/aromatic N) is 1. The molecule has 0 bridgehead atoms. The summed E-state index contributed by atoms with van der Waals surface area (Å²) in [6, 6.07) is 7.63. The van der Waals surface area contributed by atoms with Gasteiger partial charge in [-0.1, -0.05) is 12.1 Å². The third kappa shape index (κ3) is 3.35. The first kappa shape index (κ1) is 12.2. The summed E-state index contributed by atoms with van der Waals surface area (Å²) in [6.45, 7) is 1.02. The zero-order chi connectivity index (χ0) is 12.1. The molecule has 1 aliphatic heterocycles. The summed E-state index contributed by atoms with van der Waals surface area (Å²) in [4.78, 5) is 10.4. The van der Waals surface area contributed by atoms with Crippen LogP contribution >= 0.6 is 0 Å². The van der Waals surface area contributed by atoms with Crippen LogP contribution in [-0.4, -0.2) is 20.8 Å². The smallest absolute Gasteiger partial charge is 0.384 e. The van der Waals surface area contributed by atoms with Crippen molar-refractivity contribution in [1.82, 2.24) is 0 Å². The van der Waals surface area contributed by atoms with Crippen LogP contribution in [0.3, 0.4) is 0 Å². The Morgan fingerprint density at radius 1 is 1.41 bits per heavy atom. The molecule has 0 aromatic heterocycles. The molecule has 0 unspecified atom stereocenters. The first-order chi connectivity index (χ1) is 8.27. The molecule has 1 radical (unpaired) electrons. The molecule has 0 amide bonds. The van der Waals surface area contributed by atoms with Gasteiger partial charge in [-0.2, -0.15) is 0 Å². The second-order valence-electron chi connectivity index (χ2n) is 3.85. The minimum absolute atomic E-state index is 0.117. The van der Waals surface area contributed by atoms with Gasteiger partial charge in [-0.15, -0.1) is 0 Å². The fourth-order valence-electron chi connectivity index (χ4n) is 1.71. The second kappa shape index (κ2) is 5.90. The molecule has 0 aliphatic carbocycles. The maximum absolute atomic E-state index is 10.8. The Kier molecular flexibility index (Phi) is 4.24. The highest BCUT2D eigenvalue weighted by Crippen LogP contribution is 2.20. The number of para-hydroxylation sites is 1. The molecule has 1 aromatic rings. The van der Waals surface area contributed by atoms with Crippen LogP contribution in [0.2, 0.25) is 6.04 Å². The Labute approximate surface area is 101 Å². The molecule has 1 saturated heterocycles. The van der Waals surface area contributed by atoms with Crippen molar-refractivity contribution in [2.45, 2.75) is 25.5 Å². The molecule has 17 heavy (non-hydrogen) atoms. The van der Waals surface area contributed by atoms with Crippen molar-refractivity contribution in [3.05, 3.63) is 39.9 Å². The Balaban J connectivity index is 1.96. The molecule has 1 aliphatic rings. The van der Waals surface area contributed by atoms with Gasteiger partial charge in [0.05, 0.1) is 17.1 Å². The molecule has 91 valence electrons. The molecule has 1 heterocycles. The monoisotopic (exact) mass is 252 g/mol. The fourth-order valence-corrected chi connectivity index (χ4v) is 3.31. The van der Waals surface area contributed by atoms with E-state index >= 15 is 0 Å². The van der Waals surface area contributed by atoms with E-state index in [4.69, 9.17) is 8.85 Å². The minimum Gasteiger partial charge on any atom is -0.393 e. The number of rotatable bonds is 4. The average Bonchev–Trinajstić information content (AvgIpc) is 2.38. The minimum atomic E-state index is -1.21. The number of hydrogen-bond acceptors (Lipinski definition) is 4. The molecule has 0 saturated carbocycles. The van der Waals surface area contributed by atoms with E-state index in [-0.39, 0.29) is 17.2 Å². The molecule has 0 atom stereocenters. The zero-order valence-electron chi connectivity index (χ0n) is 9.43. The van der Waals surface area contributed by atoms with Crippen molar-refractivity contribution in [2.75, 3.05) is 6.61 Å². The van der Waals surface area contributed by atoms with Gasteiger partial charge in [0.1, 0.15) is 0 Å². The summed E-state index contributed by atoms with van der Waals surface area (Å²) in [5, 5.41) is 10.8. The molecular formula is C11H14NO4Si. The van der Waals surface area contributed by atoms with Crippen molar-refractivity contribution < 1.29 is 13.8 Å². The van der Waals surface area contributed by atoms with Gasteiger partial charge in [-0.25, -0.2) is 0 Å². The van der Waals surface area contributed by atoms with Gasteiger partial charge < -0.3 is 8.85 Å². The van der Waals surface area contributed by atoms with Gasteiger partial charge in [0.2, 0.25) is 0 Å². The summed E-state index contributed by atoms with van der Waals surface area (Å²) < 4.78 is 11.1. The van der Waals surface area contributed by atoms with Crippen molar-refractivity contribution in [1.29, 1.82) is 0 Å². The summed E-state index contributed by atoms with van der Waals surface area (Å²) in [5.74, 6) is 0. The van der Waals surface area contributed by atoms with Crippen molar-refractivity contribution in [3.63, 3.8) is 0 Å². The van der Waals surface area contributed by atoms with Crippen LogP contribution in [0.25, 0.3) is 0 Å². The Hall–Kier alpha value is -1.24. The molecular weight excluding hydrogens is 238 g/mol. The summed E-state index contributed by atoms with van der Waals surface area (Å²) in [6.07, 6.45) is 2.22. The third-order valence-electron chi connectivity index (χ3n) is 2.62. The van der Waals surface area contributed by atoms with Crippen molar-refractivity contribution in [2.24, 2.45) is 0 Å². The van der Waals surface area contributed by atoms with Gasteiger partial charge in [-0.05, 0) is 25.0 Å². The lowest BCUT2D eigenvalue weighted by atomic mass is 10.2. The quantitative estimate of drug-likeness (QED) is 0.469. The lowest BCUT2D eigenvalue weighted by Crippen LogP contribution is -2.26. The Morgan fingerprint density at radius 3 is 2.94 bits per heavy atom. The first-order valence-electron chi connectivity index (χ1n) is 5.61. The number of nitro benzene ring substituents is 1. The van der Waals surface area contributed by atoms with Gasteiger partial charge in [-0.3, -0.25) is 10.1 Å². The predicted molar refractivity (Wildman–Crippen MR) is 63.6 cm³/mol. The summed E-state index contributed by atoms with van der Waals surface area (Å²) in [7, 11) is -1.21. The highest BCUT2D eigenvalue weighted by atomic mass is 28.3. The molecule has 5 nitrogen and oxygen atoms in total.